The van der Waals surface area contributed by atoms with Gasteiger partial charge in [0, 0.05) is 29.2 Å². The van der Waals surface area contributed by atoms with Crippen LogP contribution in [0.1, 0.15) is 19.0 Å². The van der Waals surface area contributed by atoms with E-state index in [0.717, 1.165) is 12.1 Å². The number of aromatic nitrogens is 4. The number of H-pyrrole nitrogens is 1. The summed E-state index contributed by atoms with van der Waals surface area (Å²) in [4.78, 5) is 9.96. The molecule has 0 radical (unpaired) electrons. The standard InChI is InChI=1S/C25H24ClF3N6O3S/c1-3-35-11-10-20(25(28,29)13-35)38-24-21-14(2)32-33-23(21)30-22(31-24)15-4-7-17(8-5-15)34-39(36,37)19-12-16(26)6-9-18(19)27/h4-9,12,20,34H,3,10-11,13H2,1-2H3,(H,30,31,32,33)/t20-/m1/s1. The van der Waals surface area contributed by atoms with E-state index >= 15 is 0 Å². The van der Waals surface area contributed by atoms with E-state index in [9.17, 15) is 21.6 Å². The van der Waals surface area contributed by atoms with Gasteiger partial charge in [0.15, 0.2) is 17.6 Å². The summed E-state index contributed by atoms with van der Waals surface area (Å²) in [6.45, 7) is 4.11. The molecule has 0 aliphatic carbocycles. The molecule has 1 atom stereocenters. The Morgan fingerprint density at radius 1 is 1.21 bits per heavy atom. The SMILES string of the molecule is CCN1CC[C@@H](Oc2nc(-c3ccc(NS(=O)(=O)c4cc(Cl)ccc4F)cc3)nc3[nH]nc(C)c23)C(F)(F)C1. The van der Waals surface area contributed by atoms with Gasteiger partial charge in [-0.1, -0.05) is 18.5 Å². The van der Waals surface area contributed by atoms with Gasteiger partial charge in [0.05, 0.1) is 12.2 Å². The number of likely N-dealkylation sites (tertiary alicyclic amines) is 1. The van der Waals surface area contributed by atoms with Gasteiger partial charge >= 0.3 is 0 Å². The molecule has 1 aliphatic rings. The zero-order valence-electron chi connectivity index (χ0n) is 20.9. The summed E-state index contributed by atoms with van der Waals surface area (Å²) < 4.78 is 77.3. The number of hydrogen-bond donors (Lipinski definition) is 2. The molecule has 0 saturated carbocycles. The van der Waals surface area contributed by atoms with Crippen molar-refractivity contribution in [2.75, 3.05) is 24.4 Å². The van der Waals surface area contributed by atoms with Crippen LogP contribution in [0.15, 0.2) is 47.4 Å². The Balaban J connectivity index is 1.43. The summed E-state index contributed by atoms with van der Waals surface area (Å²) in [6, 6.07) is 9.18. The average Bonchev–Trinajstić information content (AvgIpc) is 3.27. The maximum absolute atomic E-state index is 14.9. The molecule has 0 amide bonds. The van der Waals surface area contributed by atoms with E-state index < -0.39 is 39.3 Å². The van der Waals surface area contributed by atoms with Crippen LogP contribution in [0, 0.1) is 12.7 Å². The Morgan fingerprint density at radius 2 is 1.95 bits per heavy atom. The quantitative estimate of drug-likeness (QED) is 0.315. The van der Waals surface area contributed by atoms with E-state index in [2.05, 4.69) is 24.9 Å². The molecule has 39 heavy (non-hydrogen) atoms. The van der Waals surface area contributed by atoms with Gasteiger partial charge in [0.1, 0.15) is 16.1 Å². The molecule has 2 aromatic carbocycles. The van der Waals surface area contributed by atoms with Crippen LogP contribution in [-0.2, 0) is 10.0 Å². The number of nitrogens with one attached hydrogen (secondary N) is 2. The molecule has 9 nitrogen and oxygen atoms in total. The lowest BCUT2D eigenvalue weighted by Crippen LogP contribution is -2.53. The van der Waals surface area contributed by atoms with Crippen molar-refractivity contribution in [1.29, 1.82) is 0 Å². The van der Waals surface area contributed by atoms with Gasteiger partial charge in [-0.15, -0.1) is 0 Å². The topological polar surface area (TPSA) is 113 Å². The third-order valence-electron chi connectivity index (χ3n) is 6.46. The minimum absolute atomic E-state index is 0.0166. The van der Waals surface area contributed by atoms with Crippen molar-refractivity contribution in [3.05, 3.63) is 59.0 Å². The average molecular weight is 581 g/mol. The van der Waals surface area contributed by atoms with Crippen LogP contribution in [0.3, 0.4) is 0 Å². The minimum Gasteiger partial charge on any atom is -0.467 e. The lowest BCUT2D eigenvalue weighted by Gasteiger charge is -2.37. The van der Waals surface area contributed by atoms with E-state index in [1.165, 1.54) is 30.3 Å². The maximum atomic E-state index is 14.9. The number of piperidine rings is 1. The highest BCUT2D eigenvalue weighted by Crippen LogP contribution is 2.35. The molecule has 5 rings (SSSR count). The normalized spacial score (nSPS) is 17.8. The molecule has 1 fully saturated rings. The second-order valence-corrected chi connectivity index (χ2v) is 11.3. The highest BCUT2D eigenvalue weighted by molar-refractivity contribution is 7.92. The van der Waals surface area contributed by atoms with E-state index in [4.69, 9.17) is 16.3 Å². The van der Waals surface area contributed by atoms with E-state index in [1.54, 1.807) is 11.8 Å². The molecule has 1 saturated heterocycles. The van der Waals surface area contributed by atoms with Gasteiger partial charge in [-0.25, -0.2) is 26.6 Å². The molecular weight excluding hydrogens is 557 g/mol. The molecule has 0 bridgehead atoms. The van der Waals surface area contributed by atoms with Gasteiger partial charge in [0.25, 0.3) is 15.9 Å². The van der Waals surface area contributed by atoms with Crippen molar-refractivity contribution in [2.45, 2.75) is 37.2 Å². The zero-order valence-corrected chi connectivity index (χ0v) is 22.5. The first kappa shape index (κ1) is 27.2. The van der Waals surface area contributed by atoms with Crippen molar-refractivity contribution >= 4 is 38.3 Å². The van der Waals surface area contributed by atoms with Crippen molar-refractivity contribution < 1.29 is 26.3 Å². The Hall–Kier alpha value is -3.42. The first-order chi connectivity index (χ1) is 18.5. The fraction of sp³-hybridized carbons (Fsp3) is 0.320. The number of ether oxygens (including phenoxy) is 1. The molecule has 2 aromatic heterocycles. The molecule has 3 heterocycles. The first-order valence-electron chi connectivity index (χ1n) is 12.0. The van der Waals surface area contributed by atoms with Crippen LogP contribution < -0.4 is 9.46 Å². The number of anilines is 1. The number of aryl methyl sites for hydroxylation is 1. The molecule has 1 aliphatic heterocycles. The minimum atomic E-state index is -4.26. The Bertz CT molecular complexity index is 1630. The summed E-state index contributed by atoms with van der Waals surface area (Å²) in [5.74, 6) is -3.88. The third-order valence-corrected chi connectivity index (χ3v) is 8.09. The van der Waals surface area contributed by atoms with Gasteiger partial charge in [-0.2, -0.15) is 10.1 Å². The molecule has 4 aromatic rings. The van der Waals surface area contributed by atoms with Crippen LogP contribution in [-0.4, -0.2) is 65.1 Å². The lowest BCUT2D eigenvalue weighted by molar-refractivity contribution is -0.139. The lowest BCUT2D eigenvalue weighted by atomic mass is 10.0. The van der Waals surface area contributed by atoms with Crippen molar-refractivity contribution in [3.8, 4) is 17.3 Å². The van der Waals surface area contributed by atoms with E-state index in [0.29, 0.717) is 35.4 Å². The van der Waals surface area contributed by atoms with Gasteiger partial charge in [0.2, 0.25) is 5.88 Å². The number of sulfonamides is 1. The molecule has 0 unspecified atom stereocenters. The molecule has 206 valence electrons. The van der Waals surface area contributed by atoms with Gasteiger partial charge in [-0.3, -0.25) is 14.7 Å². The monoisotopic (exact) mass is 580 g/mol. The molecule has 2 N–H and O–H groups in total. The Kier molecular flexibility index (Phi) is 7.16. The highest BCUT2D eigenvalue weighted by atomic mass is 35.5. The number of halogens is 4. The van der Waals surface area contributed by atoms with Crippen LogP contribution in [0.4, 0.5) is 18.9 Å². The summed E-state index contributed by atoms with van der Waals surface area (Å²) >= 11 is 5.83. The number of rotatable bonds is 7. The second kappa shape index (κ2) is 10.3. The van der Waals surface area contributed by atoms with Crippen molar-refractivity contribution in [3.63, 3.8) is 0 Å². The number of hydrogen-bond acceptors (Lipinski definition) is 7. The van der Waals surface area contributed by atoms with E-state index in [-0.39, 0.29) is 28.8 Å². The highest BCUT2D eigenvalue weighted by Gasteiger charge is 2.46. The molecule has 14 heteroatoms. The summed E-state index contributed by atoms with van der Waals surface area (Å²) in [6.07, 6.45) is -1.25. The smallest absolute Gasteiger partial charge is 0.296 e. The zero-order chi connectivity index (χ0) is 27.9. The summed E-state index contributed by atoms with van der Waals surface area (Å²) in [5.41, 5.74) is 1.41. The third kappa shape index (κ3) is 5.52. The molecular formula is C25H24ClF3N6O3S. The van der Waals surface area contributed by atoms with Crippen LogP contribution in [0.25, 0.3) is 22.4 Å². The van der Waals surface area contributed by atoms with Crippen molar-refractivity contribution in [1.82, 2.24) is 25.1 Å². The second-order valence-electron chi connectivity index (χ2n) is 9.17. The van der Waals surface area contributed by atoms with Crippen LogP contribution in [0.2, 0.25) is 5.02 Å². The number of alkyl halides is 2. The number of fused-ring (bicyclic) bond motifs is 1. The number of nitrogens with zero attached hydrogens (tertiary/aromatic N) is 4. The fourth-order valence-corrected chi connectivity index (χ4v) is 5.77. The predicted octanol–water partition coefficient (Wildman–Crippen LogP) is 5.03. The maximum Gasteiger partial charge on any atom is 0.296 e. The summed E-state index contributed by atoms with van der Waals surface area (Å²) in [7, 11) is -4.26. The van der Waals surface area contributed by atoms with Crippen LogP contribution in [0.5, 0.6) is 5.88 Å². The fourth-order valence-electron chi connectivity index (χ4n) is 4.37. The van der Waals surface area contributed by atoms with Gasteiger partial charge < -0.3 is 4.74 Å². The summed E-state index contributed by atoms with van der Waals surface area (Å²) in [5, 5.41) is 7.36. The number of benzene rings is 2. The van der Waals surface area contributed by atoms with E-state index in [1.807, 2.05) is 6.92 Å². The van der Waals surface area contributed by atoms with Crippen LogP contribution >= 0.6 is 11.6 Å². The van der Waals surface area contributed by atoms with Gasteiger partial charge in [-0.05, 0) is 55.9 Å². The van der Waals surface area contributed by atoms with Crippen molar-refractivity contribution in [2.24, 2.45) is 0 Å². The Labute approximate surface area is 227 Å². The first-order valence-corrected chi connectivity index (χ1v) is 13.9. The number of aromatic amines is 1. The Morgan fingerprint density at radius 3 is 2.64 bits per heavy atom. The predicted molar refractivity (Wildman–Crippen MR) is 140 cm³/mol. The molecule has 0 spiro atoms. The largest absolute Gasteiger partial charge is 0.467 e.